The molecule has 0 amide bonds. The summed E-state index contributed by atoms with van der Waals surface area (Å²) in [5.41, 5.74) is 0.945. The van der Waals surface area contributed by atoms with Crippen molar-refractivity contribution >= 4 is 17.6 Å². The number of carbonyl (C=O) groups is 2. The third kappa shape index (κ3) is 4.76. The molecule has 0 unspecified atom stereocenters. The molecule has 0 saturated heterocycles. The number of nitrogens with zero attached hydrogens (tertiary/aromatic N) is 1. The predicted molar refractivity (Wildman–Crippen MR) is 95.8 cm³/mol. The van der Waals surface area contributed by atoms with Gasteiger partial charge in [0.25, 0.3) is 0 Å². The Morgan fingerprint density at radius 3 is 2.38 bits per heavy atom. The molecular weight excluding hydrogens is 338 g/mol. The molecule has 142 valence electrons. The van der Waals surface area contributed by atoms with Crippen LogP contribution in [0.3, 0.4) is 0 Å². The van der Waals surface area contributed by atoms with Gasteiger partial charge in [-0.3, -0.25) is 0 Å². The van der Waals surface area contributed by atoms with Crippen LogP contribution in [-0.4, -0.2) is 46.1 Å². The van der Waals surface area contributed by atoms with E-state index in [-0.39, 0.29) is 24.6 Å². The molecule has 0 aliphatic carbocycles. The second kappa shape index (κ2) is 9.82. The summed E-state index contributed by atoms with van der Waals surface area (Å²) in [5.74, 6) is -0.487. The average Bonchev–Trinajstić information content (AvgIpc) is 2.70. The molecule has 1 aliphatic heterocycles. The van der Waals surface area contributed by atoms with Gasteiger partial charge in [0.05, 0.1) is 33.0 Å². The Morgan fingerprint density at radius 1 is 1.08 bits per heavy atom. The number of anilines is 1. The molecule has 7 heteroatoms. The summed E-state index contributed by atoms with van der Waals surface area (Å²) < 4.78 is 20.7. The van der Waals surface area contributed by atoms with Crippen molar-refractivity contribution in [2.75, 3.05) is 39.1 Å². The van der Waals surface area contributed by atoms with E-state index >= 15 is 0 Å². The van der Waals surface area contributed by atoms with Gasteiger partial charge in [-0.1, -0.05) is 19.8 Å². The van der Waals surface area contributed by atoms with Gasteiger partial charge in [0.1, 0.15) is 18.2 Å². The molecule has 0 aromatic heterocycles. The highest BCUT2D eigenvalue weighted by Gasteiger charge is 2.32. The van der Waals surface area contributed by atoms with Crippen molar-refractivity contribution in [3.8, 4) is 5.75 Å². The normalized spacial score (nSPS) is 14.2. The Bertz CT molecular complexity index is 652. The fourth-order valence-electron chi connectivity index (χ4n) is 2.61. The van der Waals surface area contributed by atoms with E-state index in [9.17, 15) is 9.59 Å². The molecule has 1 aromatic carbocycles. The third-order valence-corrected chi connectivity index (χ3v) is 4.00. The smallest absolute Gasteiger partial charge is 0.355 e. The molecule has 1 heterocycles. The number of benzene rings is 1. The average molecular weight is 363 g/mol. The van der Waals surface area contributed by atoms with Crippen molar-refractivity contribution in [3.05, 3.63) is 35.5 Å². The first-order valence-corrected chi connectivity index (χ1v) is 8.60. The molecule has 0 radical (unpaired) electrons. The van der Waals surface area contributed by atoms with Gasteiger partial charge in [0, 0.05) is 5.69 Å². The first kappa shape index (κ1) is 19.8. The van der Waals surface area contributed by atoms with Crippen molar-refractivity contribution in [2.45, 2.75) is 26.2 Å². The maximum absolute atomic E-state index is 12.2. The SMILES string of the molecule is CCCCCOc1ccc(N2COCC(C(=O)OC)=C2C(=O)OC)cc1. The summed E-state index contributed by atoms with van der Waals surface area (Å²) in [4.78, 5) is 25.8. The molecule has 1 aromatic rings. The Balaban J connectivity index is 2.22. The van der Waals surface area contributed by atoms with E-state index in [1.54, 1.807) is 4.90 Å². The minimum absolute atomic E-state index is 0.00771. The molecule has 0 bridgehead atoms. The van der Waals surface area contributed by atoms with Crippen molar-refractivity contribution in [1.82, 2.24) is 0 Å². The number of hydrogen-bond acceptors (Lipinski definition) is 7. The van der Waals surface area contributed by atoms with Gasteiger partial charge < -0.3 is 23.8 Å². The summed E-state index contributed by atoms with van der Waals surface area (Å²) in [7, 11) is 2.53. The largest absolute Gasteiger partial charge is 0.494 e. The third-order valence-electron chi connectivity index (χ3n) is 4.00. The van der Waals surface area contributed by atoms with E-state index in [1.165, 1.54) is 14.2 Å². The lowest BCUT2D eigenvalue weighted by molar-refractivity contribution is -0.140. The second-order valence-corrected chi connectivity index (χ2v) is 5.77. The number of carbonyl (C=O) groups excluding carboxylic acids is 2. The van der Waals surface area contributed by atoms with Gasteiger partial charge in [-0.15, -0.1) is 0 Å². The standard InChI is InChI=1S/C19H25NO6/c1-4-5-6-11-26-15-9-7-14(8-10-15)20-13-25-12-16(18(21)23-2)17(20)19(22)24-3/h7-10H,4-6,11-13H2,1-3H3. The molecule has 0 fully saturated rings. The number of methoxy groups -OCH3 is 2. The predicted octanol–water partition coefficient (Wildman–Crippen LogP) is 2.65. The highest BCUT2D eigenvalue weighted by molar-refractivity contribution is 6.03. The van der Waals surface area contributed by atoms with E-state index in [2.05, 4.69) is 6.92 Å². The number of unbranched alkanes of at least 4 members (excludes halogenated alkanes) is 2. The van der Waals surface area contributed by atoms with Crippen LogP contribution < -0.4 is 9.64 Å². The molecule has 26 heavy (non-hydrogen) atoms. The second-order valence-electron chi connectivity index (χ2n) is 5.77. The summed E-state index contributed by atoms with van der Waals surface area (Å²) in [6.45, 7) is 2.93. The Hall–Kier alpha value is -2.54. The Morgan fingerprint density at radius 2 is 1.77 bits per heavy atom. The minimum Gasteiger partial charge on any atom is -0.494 e. The van der Waals surface area contributed by atoms with Crippen LogP contribution in [0, 0.1) is 0 Å². The van der Waals surface area contributed by atoms with Gasteiger partial charge in [-0.25, -0.2) is 9.59 Å². The Labute approximate surface area is 153 Å². The van der Waals surface area contributed by atoms with Crippen LogP contribution in [0.2, 0.25) is 0 Å². The Kier molecular flexibility index (Phi) is 7.47. The van der Waals surface area contributed by atoms with E-state index in [0.29, 0.717) is 12.3 Å². The first-order valence-electron chi connectivity index (χ1n) is 8.60. The zero-order chi connectivity index (χ0) is 18.9. The summed E-state index contributed by atoms with van der Waals surface area (Å²) in [5, 5.41) is 0. The molecule has 0 atom stereocenters. The highest BCUT2D eigenvalue weighted by atomic mass is 16.5. The van der Waals surface area contributed by atoms with Crippen molar-refractivity contribution < 1.29 is 28.5 Å². The lowest BCUT2D eigenvalue weighted by atomic mass is 10.1. The van der Waals surface area contributed by atoms with Gasteiger partial charge in [0.2, 0.25) is 0 Å². The molecule has 0 N–H and O–H groups in total. The van der Waals surface area contributed by atoms with Crippen molar-refractivity contribution in [2.24, 2.45) is 0 Å². The molecule has 7 nitrogen and oxygen atoms in total. The van der Waals surface area contributed by atoms with Crippen LogP contribution in [0.1, 0.15) is 26.2 Å². The molecule has 2 rings (SSSR count). The lowest BCUT2D eigenvalue weighted by Gasteiger charge is -2.31. The monoisotopic (exact) mass is 363 g/mol. The lowest BCUT2D eigenvalue weighted by Crippen LogP contribution is -2.38. The van der Waals surface area contributed by atoms with E-state index < -0.39 is 11.9 Å². The minimum atomic E-state index is -0.619. The summed E-state index contributed by atoms with van der Waals surface area (Å²) in [6.07, 6.45) is 3.28. The van der Waals surface area contributed by atoms with Crippen molar-refractivity contribution in [3.63, 3.8) is 0 Å². The van der Waals surface area contributed by atoms with Gasteiger partial charge >= 0.3 is 11.9 Å². The van der Waals surface area contributed by atoms with Gasteiger partial charge in [-0.2, -0.15) is 0 Å². The quantitative estimate of drug-likeness (QED) is 0.519. The van der Waals surface area contributed by atoms with Crippen LogP contribution in [0.25, 0.3) is 0 Å². The van der Waals surface area contributed by atoms with Crippen molar-refractivity contribution in [1.29, 1.82) is 0 Å². The fraction of sp³-hybridized carbons (Fsp3) is 0.474. The zero-order valence-corrected chi connectivity index (χ0v) is 15.4. The van der Waals surface area contributed by atoms with Crippen LogP contribution in [-0.2, 0) is 23.8 Å². The molecule has 0 spiro atoms. The zero-order valence-electron chi connectivity index (χ0n) is 15.4. The topological polar surface area (TPSA) is 74.3 Å². The molecular formula is C19H25NO6. The fourth-order valence-corrected chi connectivity index (χ4v) is 2.61. The number of rotatable bonds is 8. The van der Waals surface area contributed by atoms with Gasteiger partial charge in [-0.05, 0) is 30.7 Å². The maximum atomic E-state index is 12.2. The van der Waals surface area contributed by atoms with E-state index in [1.807, 2.05) is 24.3 Å². The summed E-state index contributed by atoms with van der Waals surface area (Å²) in [6, 6.07) is 7.26. The van der Waals surface area contributed by atoms with Crippen LogP contribution in [0.5, 0.6) is 5.75 Å². The van der Waals surface area contributed by atoms with Crippen LogP contribution >= 0.6 is 0 Å². The molecule has 0 saturated carbocycles. The maximum Gasteiger partial charge on any atom is 0.355 e. The number of ether oxygens (including phenoxy) is 4. The van der Waals surface area contributed by atoms with Crippen LogP contribution in [0.4, 0.5) is 5.69 Å². The number of esters is 2. The first-order chi connectivity index (χ1) is 12.6. The number of hydrogen-bond donors (Lipinski definition) is 0. The summed E-state index contributed by atoms with van der Waals surface area (Å²) >= 11 is 0. The van der Waals surface area contributed by atoms with Gasteiger partial charge in [0.15, 0.2) is 0 Å². The highest BCUT2D eigenvalue weighted by Crippen LogP contribution is 2.28. The molecule has 1 aliphatic rings. The van der Waals surface area contributed by atoms with E-state index in [0.717, 1.165) is 25.0 Å². The van der Waals surface area contributed by atoms with Crippen LogP contribution in [0.15, 0.2) is 35.5 Å². The van der Waals surface area contributed by atoms with E-state index in [4.69, 9.17) is 18.9 Å².